The molecule has 0 heterocycles. The Morgan fingerprint density at radius 3 is 0.778 bits per heavy atom. The fourth-order valence-corrected chi connectivity index (χ4v) is 8.85. The zero-order chi connectivity index (χ0) is 58.5. The zero-order valence-electron chi connectivity index (χ0n) is 52.5. The summed E-state index contributed by atoms with van der Waals surface area (Å²) >= 11 is 0. The molecule has 0 spiro atoms. The number of ether oxygens (including phenoxy) is 3. The van der Waals surface area contributed by atoms with Crippen LogP contribution in [0.15, 0.2) is 146 Å². The molecule has 0 rings (SSSR count). The molecule has 81 heavy (non-hydrogen) atoms. The van der Waals surface area contributed by atoms with Gasteiger partial charge in [-0.25, -0.2) is 0 Å². The van der Waals surface area contributed by atoms with Gasteiger partial charge in [0.15, 0.2) is 6.10 Å². The largest absolute Gasteiger partial charge is 0.462 e. The number of rotatable bonds is 59. The van der Waals surface area contributed by atoms with E-state index in [1.54, 1.807) is 0 Å². The number of hydrogen-bond acceptors (Lipinski definition) is 6. The Labute approximate surface area is 499 Å². The molecule has 0 saturated carbocycles. The van der Waals surface area contributed by atoms with Crippen LogP contribution in [0.3, 0.4) is 0 Å². The van der Waals surface area contributed by atoms with E-state index in [1.807, 2.05) is 0 Å². The van der Waals surface area contributed by atoms with Gasteiger partial charge >= 0.3 is 17.9 Å². The van der Waals surface area contributed by atoms with Crippen molar-refractivity contribution in [1.82, 2.24) is 0 Å². The third kappa shape index (κ3) is 66.0. The molecule has 0 amide bonds. The Kier molecular flexibility index (Phi) is 63.9. The highest BCUT2D eigenvalue weighted by atomic mass is 16.6. The third-order valence-corrected chi connectivity index (χ3v) is 13.8. The minimum absolute atomic E-state index is 0.0960. The van der Waals surface area contributed by atoms with E-state index in [2.05, 4.69) is 167 Å². The molecule has 0 N–H and O–H groups in total. The average molecular weight is 1120 g/mol. The van der Waals surface area contributed by atoms with E-state index in [0.717, 1.165) is 135 Å². The molecule has 0 bridgehead atoms. The van der Waals surface area contributed by atoms with Crippen LogP contribution in [0.1, 0.15) is 290 Å². The summed E-state index contributed by atoms with van der Waals surface area (Å²) in [5.74, 6) is -0.956. The van der Waals surface area contributed by atoms with E-state index in [1.165, 1.54) is 109 Å². The van der Waals surface area contributed by atoms with Crippen LogP contribution < -0.4 is 0 Å². The molecule has 0 fully saturated rings. The second-order valence-electron chi connectivity index (χ2n) is 21.6. The maximum Gasteiger partial charge on any atom is 0.306 e. The highest BCUT2D eigenvalue weighted by molar-refractivity contribution is 5.71. The molecule has 0 aromatic rings. The average Bonchev–Trinajstić information content (AvgIpc) is 3.47. The summed E-state index contributed by atoms with van der Waals surface area (Å²) < 4.78 is 16.7. The summed E-state index contributed by atoms with van der Waals surface area (Å²) in [5.41, 5.74) is 0. The summed E-state index contributed by atoms with van der Waals surface area (Å²) in [6, 6.07) is 0. The minimum Gasteiger partial charge on any atom is -0.462 e. The number of carbonyl (C=O) groups is 3. The lowest BCUT2D eigenvalue weighted by atomic mass is 10.0. The van der Waals surface area contributed by atoms with Gasteiger partial charge in [-0.2, -0.15) is 0 Å². The summed E-state index contributed by atoms with van der Waals surface area (Å²) in [4.78, 5) is 37.9. The highest BCUT2D eigenvalue weighted by Gasteiger charge is 2.19. The highest BCUT2D eigenvalue weighted by Crippen LogP contribution is 2.15. The Morgan fingerprint density at radius 1 is 0.259 bits per heavy atom. The van der Waals surface area contributed by atoms with Gasteiger partial charge in [-0.3, -0.25) is 14.4 Å². The molecule has 0 aromatic carbocycles. The second-order valence-corrected chi connectivity index (χ2v) is 21.6. The Hall–Kier alpha value is -4.71. The lowest BCUT2D eigenvalue weighted by Crippen LogP contribution is -2.30. The molecule has 0 aliphatic rings. The van der Waals surface area contributed by atoms with E-state index in [9.17, 15) is 14.4 Å². The molecule has 0 aliphatic carbocycles. The van der Waals surface area contributed by atoms with Gasteiger partial charge in [-0.15, -0.1) is 0 Å². The van der Waals surface area contributed by atoms with Crippen LogP contribution in [0.2, 0.25) is 0 Å². The van der Waals surface area contributed by atoms with Crippen LogP contribution in [0.25, 0.3) is 0 Å². The summed E-state index contributed by atoms with van der Waals surface area (Å²) in [7, 11) is 0. The fourth-order valence-electron chi connectivity index (χ4n) is 8.85. The first kappa shape index (κ1) is 76.3. The number of allylic oxidation sites excluding steroid dienone is 24. The van der Waals surface area contributed by atoms with Gasteiger partial charge < -0.3 is 14.2 Å². The van der Waals surface area contributed by atoms with Crippen molar-refractivity contribution < 1.29 is 28.6 Å². The molecule has 1 atom stereocenters. The molecule has 0 aliphatic heterocycles. The normalized spacial score (nSPS) is 13.1. The van der Waals surface area contributed by atoms with E-state index in [0.29, 0.717) is 25.7 Å². The van der Waals surface area contributed by atoms with Crippen molar-refractivity contribution in [3.8, 4) is 0 Å². The smallest absolute Gasteiger partial charge is 0.306 e. The molecule has 0 saturated heterocycles. The maximum atomic E-state index is 12.8. The van der Waals surface area contributed by atoms with Crippen molar-refractivity contribution in [1.29, 1.82) is 0 Å². The molecular weight excluding hydrogens is 997 g/mol. The Balaban J connectivity index is 4.15. The lowest BCUT2D eigenvalue weighted by Gasteiger charge is -2.18. The van der Waals surface area contributed by atoms with Crippen LogP contribution in [-0.4, -0.2) is 37.2 Å². The number of esters is 3. The Morgan fingerprint density at radius 2 is 0.481 bits per heavy atom. The van der Waals surface area contributed by atoms with Crippen LogP contribution in [-0.2, 0) is 28.6 Å². The standard InChI is InChI=1S/C75H122O6/c1-4-7-10-13-15-17-19-21-23-25-27-29-31-33-34-35-36-37-38-39-40-42-43-45-47-49-51-53-55-57-59-62-65-68-74(77)80-71-72(70-79-73(76)67-64-61-12-9-6-3)81-75(78)69-66-63-60-58-56-54-52-50-48-46-44-41-32-30-28-26-24-22-20-18-16-14-11-8-5-2/h7,10,15,17,20-23,26-29,33-34,36-37,39-40,43,45,49,51,55,57,72H,4-6,8-9,11-14,16,18-19,24-25,30-32,35,38,41-42,44,46-48,50,52-54,56,58-71H2,1-3H3/b10-7-,17-15-,22-20-,23-21-,28-26-,29-27-,34-33-,37-36-,40-39-,45-43-,51-49-,57-55-. The van der Waals surface area contributed by atoms with Crippen molar-refractivity contribution in [3.05, 3.63) is 146 Å². The molecule has 6 heteroatoms. The summed E-state index contributed by atoms with van der Waals surface area (Å²) in [5, 5.41) is 0. The van der Waals surface area contributed by atoms with Gasteiger partial charge in [0.05, 0.1) is 0 Å². The predicted molar refractivity (Wildman–Crippen MR) is 352 cm³/mol. The molecule has 6 nitrogen and oxygen atoms in total. The quantitative estimate of drug-likeness (QED) is 0.0261. The van der Waals surface area contributed by atoms with Crippen molar-refractivity contribution in [2.24, 2.45) is 0 Å². The molecular formula is C75H122O6. The molecule has 1 unspecified atom stereocenters. The van der Waals surface area contributed by atoms with Crippen molar-refractivity contribution >= 4 is 17.9 Å². The van der Waals surface area contributed by atoms with Gasteiger partial charge in [-0.05, 0) is 128 Å². The minimum atomic E-state index is -0.798. The predicted octanol–water partition coefficient (Wildman–Crippen LogP) is 23.1. The van der Waals surface area contributed by atoms with Gasteiger partial charge in [0.1, 0.15) is 13.2 Å². The molecule has 458 valence electrons. The third-order valence-electron chi connectivity index (χ3n) is 13.8. The molecule has 0 radical (unpaired) electrons. The van der Waals surface area contributed by atoms with E-state index >= 15 is 0 Å². The fraction of sp³-hybridized carbons (Fsp3) is 0.640. The van der Waals surface area contributed by atoms with Gasteiger partial charge in [-0.1, -0.05) is 289 Å². The summed E-state index contributed by atoms with van der Waals surface area (Å²) in [6.07, 6.45) is 97.7. The topological polar surface area (TPSA) is 78.9 Å². The van der Waals surface area contributed by atoms with E-state index < -0.39 is 6.10 Å². The van der Waals surface area contributed by atoms with E-state index in [-0.39, 0.29) is 31.1 Å². The maximum absolute atomic E-state index is 12.8. The monoisotopic (exact) mass is 1120 g/mol. The molecule has 0 aromatic heterocycles. The van der Waals surface area contributed by atoms with Crippen LogP contribution in [0.4, 0.5) is 0 Å². The van der Waals surface area contributed by atoms with Crippen LogP contribution >= 0.6 is 0 Å². The van der Waals surface area contributed by atoms with Gasteiger partial charge in [0.25, 0.3) is 0 Å². The summed E-state index contributed by atoms with van der Waals surface area (Å²) in [6.45, 7) is 6.40. The lowest BCUT2D eigenvalue weighted by molar-refractivity contribution is -0.167. The Bertz CT molecular complexity index is 1760. The van der Waals surface area contributed by atoms with Gasteiger partial charge in [0, 0.05) is 19.3 Å². The van der Waals surface area contributed by atoms with Gasteiger partial charge in [0.2, 0.25) is 0 Å². The van der Waals surface area contributed by atoms with Crippen LogP contribution in [0.5, 0.6) is 0 Å². The number of carbonyl (C=O) groups excluding carboxylic acids is 3. The zero-order valence-corrected chi connectivity index (χ0v) is 52.5. The second kappa shape index (κ2) is 67.8. The van der Waals surface area contributed by atoms with E-state index in [4.69, 9.17) is 14.2 Å². The van der Waals surface area contributed by atoms with Crippen molar-refractivity contribution in [2.75, 3.05) is 13.2 Å². The first-order valence-electron chi connectivity index (χ1n) is 33.3. The first-order valence-corrected chi connectivity index (χ1v) is 33.3. The van der Waals surface area contributed by atoms with Crippen molar-refractivity contribution in [3.63, 3.8) is 0 Å². The number of hydrogen-bond donors (Lipinski definition) is 0. The van der Waals surface area contributed by atoms with Crippen molar-refractivity contribution in [2.45, 2.75) is 297 Å². The number of unbranched alkanes of at least 4 members (excludes halogenated alkanes) is 24. The first-order chi connectivity index (χ1) is 40.0. The van der Waals surface area contributed by atoms with Crippen LogP contribution in [0, 0.1) is 0 Å². The SMILES string of the molecule is CC/C=C\C/C=C\C/C=C\C/C=C\C/C=C\C/C=C\C/C=C\C/C=C\C/C=C\C/C=C\CCCCC(=O)OCC(COC(=O)CCCCCCC)OC(=O)CCCCCCCCCCCCCCC/C=C\C/C=C\CCCCCCC.